The zero-order valence-corrected chi connectivity index (χ0v) is 30.5. The number of rotatable bonds is 24. The molecule has 2 aromatic carbocycles. The van der Waals surface area contributed by atoms with Gasteiger partial charge in [0, 0.05) is 0 Å². The van der Waals surface area contributed by atoms with Gasteiger partial charge >= 0.3 is 282 Å². The van der Waals surface area contributed by atoms with Crippen LogP contribution in [0.2, 0.25) is 0 Å². The van der Waals surface area contributed by atoms with Crippen LogP contribution in [0.1, 0.15) is 173 Å². The Morgan fingerprint density at radius 3 is 1.57 bits per heavy atom. The van der Waals surface area contributed by atoms with Crippen LogP contribution < -0.4 is 0 Å². The van der Waals surface area contributed by atoms with Crippen molar-refractivity contribution in [2.24, 2.45) is 4.99 Å². The molecule has 0 aliphatic heterocycles. The number of hydrogen-bond acceptors (Lipinski definition) is 1. The van der Waals surface area contributed by atoms with Gasteiger partial charge < -0.3 is 0 Å². The summed E-state index contributed by atoms with van der Waals surface area (Å²) in [7, 11) is 0. The molecule has 0 aliphatic carbocycles. The zero-order chi connectivity index (χ0) is 32.0. The van der Waals surface area contributed by atoms with Crippen molar-refractivity contribution in [1.29, 1.82) is 0 Å². The molecule has 0 fully saturated rings. The quantitative estimate of drug-likeness (QED) is 0.0613. The first kappa shape index (κ1) is 38.5. The standard InChI is InChI=1S/C41H66N2.Ni/c1-7-13-19-21-27-41(43-39-31-29-35(23-16-10-4)37(33-39)25-18-12-6)40(26-20-14-8-2)42-38-30-28-34(22-15-9-3)36(32-38)24-17-11-5;/h28-33H,7-27H2,1-6H3;/q;+1. The molecular weight excluding hydrogens is 579 g/mol. The molecule has 249 valence electrons. The molecule has 0 N–H and O–H groups in total. The molecule has 44 heavy (non-hydrogen) atoms. The molecule has 2 aromatic rings. The van der Waals surface area contributed by atoms with Gasteiger partial charge in [-0.15, -0.1) is 0 Å². The predicted molar refractivity (Wildman–Crippen MR) is 192 cm³/mol. The predicted octanol–water partition coefficient (Wildman–Crippen LogP) is 12.9. The van der Waals surface area contributed by atoms with Crippen molar-refractivity contribution in [3.63, 3.8) is 0 Å². The van der Waals surface area contributed by atoms with E-state index in [0.717, 1.165) is 37.8 Å². The molecule has 0 amide bonds. The van der Waals surface area contributed by atoms with E-state index in [1.54, 1.807) is 0 Å². The Morgan fingerprint density at radius 2 is 1.00 bits per heavy atom. The van der Waals surface area contributed by atoms with E-state index in [2.05, 4.69) is 81.6 Å². The SMILES string of the molecule is CCCCCCC(C(CCCCC)=Nc1ccc(CCCC)c(CCCC)c1)=[N+]([Ni])c1ccc(CCCC)c(CCCC)c1. The zero-order valence-electron chi connectivity index (χ0n) is 29.5. The third-order valence-corrected chi connectivity index (χ3v) is 9.41. The summed E-state index contributed by atoms with van der Waals surface area (Å²) in [6.07, 6.45) is 25.1. The van der Waals surface area contributed by atoms with Crippen LogP contribution in [-0.2, 0) is 41.4 Å². The Labute approximate surface area is 281 Å². The molecule has 0 saturated heterocycles. The molecule has 0 unspecified atom stereocenters. The van der Waals surface area contributed by atoms with Crippen molar-refractivity contribution < 1.29 is 19.3 Å². The number of aryl methyl sites for hydroxylation is 4. The van der Waals surface area contributed by atoms with Gasteiger partial charge in [0.15, 0.2) is 0 Å². The number of unbranched alkanes of at least 4 members (excludes halogenated alkanes) is 9. The Kier molecular flexibility index (Phi) is 20.6. The van der Waals surface area contributed by atoms with E-state index >= 15 is 0 Å². The summed E-state index contributed by atoms with van der Waals surface area (Å²) < 4.78 is 2.14. The van der Waals surface area contributed by atoms with Crippen molar-refractivity contribution in [1.82, 2.24) is 0 Å². The van der Waals surface area contributed by atoms with Crippen molar-refractivity contribution in [3.05, 3.63) is 58.7 Å². The third kappa shape index (κ3) is 13.7. The van der Waals surface area contributed by atoms with E-state index in [1.807, 2.05) is 0 Å². The maximum absolute atomic E-state index is 5.94. The van der Waals surface area contributed by atoms with Crippen molar-refractivity contribution in [2.75, 3.05) is 0 Å². The molecule has 3 heteroatoms. The number of hydrogen-bond donors (Lipinski definition) is 0. The van der Waals surface area contributed by atoms with Gasteiger partial charge in [0.2, 0.25) is 0 Å². The molecule has 0 bridgehead atoms. The Morgan fingerprint density at radius 1 is 0.523 bits per heavy atom. The van der Waals surface area contributed by atoms with Crippen LogP contribution in [0, 0.1) is 0 Å². The van der Waals surface area contributed by atoms with Crippen LogP contribution in [0.3, 0.4) is 0 Å². The fraction of sp³-hybridized carbons (Fsp3) is 0.659. The molecule has 0 spiro atoms. The van der Waals surface area contributed by atoms with E-state index in [4.69, 9.17) is 20.7 Å². The van der Waals surface area contributed by atoms with Crippen molar-refractivity contribution in [2.45, 2.75) is 176 Å². The summed E-state index contributed by atoms with van der Waals surface area (Å²) in [6, 6.07) is 14.1. The Balaban J connectivity index is 2.65. The topological polar surface area (TPSA) is 15.4 Å². The average Bonchev–Trinajstić information content (AvgIpc) is 3.04. The molecule has 0 aliphatic rings. The second kappa shape index (κ2) is 23.6. The molecule has 2 nitrogen and oxygen atoms in total. The molecule has 0 saturated carbocycles. The maximum atomic E-state index is 5.94. The van der Waals surface area contributed by atoms with E-state index in [-0.39, 0.29) is 0 Å². The van der Waals surface area contributed by atoms with Crippen molar-refractivity contribution >= 4 is 22.8 Å². The normalized spacial score (nSPS) is 12.6. The summed E-state index contributed by atoms with van der Waals surface area (Å²) in [5.74, 6) is 0. The number of nitrogens with zero attached hydrogens (tertiary/aromatic N) is 2. The first-order chi connectivity index (χ1) is 21.5. The Bertz CT molecular complexity index is 1130. The van der Waals surface area contributed by atoms with Gasteiger partial charge in [-0.1, -0.05) is 0 Å². The third-order valence-electron chi connectivity index (χ3n) is 8.89. The molecule has 0 heterocycles. The second-order valence-electron chi connectivity index (χ2n) is 12.8. The summed E-state index contributed by atoms with van der Waals surface area (Å²) in [5.41, 5.74) is 10.8. The molecular formula is C41H66N2Ni+. The van der Waals surface area contributed by atoms with Gasteiger partial charge in [0.25, 0.3) is 0 Å². The minimum absolute atomic E-state index is 0.996. The van der Waals surface area contributed by atoms with Crippen LogP contribution in [-0.4, -0.2) is 15.1 Å². The van der Waals surface area contributed by atoms with Crippen LogP contribution >= 0.6 is 0 Å². The average molecular weight is 646 g/mol. The fourth-order valence-corrected chi connectivity index (χ4v) is 6.38. The summed E-state index contributed by atoms with van der Waals surface area (Å²) >= 11 is 5.94. The number of aliphatic imine (C=N–C) groups is 1. The van der Waals surface area contributed by atoms with Crippen LogP contribution in [0.15, 0.2) is 41.4 Å². The van der Waals surface area contributed by atoms with Gasteiger partial charge in [0.05, 0.1) is 0 Å². The van der Waals surface area contributed by atoms with Crippen LogP contribution in [0.5, 0.6) is 0 Å². The van der Waals surface area contributed by atoms with Gasteiger partial charge in [-0.25, -0.2) is 0 Å². The Hall–Kier alpha value is -1.73. The van der Waals surface area contributed by atoms with Crippen molar-refractivity contribution in [3.8, 4) is 0 Å². The van der Waals surface area contributed by atoms with E-state index in [9.17, 15) is 0 Å². The first-order valence-corrected chi connectivity index (χ1v) is 19.1. The van der Waals surface area contributed by atoms with Crippen LogP contribution in [0.4, 0.5) is 11.4 Å². The summed E-state index contributed by atoms with van der Waals surface area (Å²) in [6.45, 7) is 13.8. The first-order valence-electron chi connectivity index (χ1n) is 18.6. The molecule has 2 rings (SSSR count). The molecule has 0 aromatic heterocycles. The van der Waals surface area contributed by atoms with Crippen LogP contribution in [0.25, 0.3) is 0 Å². The second-order valence-corrected chi connectivity index (χ2v) is 13.3. The fourth-order valence-electron chi connectivity index (χ4n) is 6.01. The molecule has 0 radical (unpaired) electrons. The monoisotopic (exact) mass is 644 g/mol. The van der Waals surface area contributed by atoms with Gasteiger partial charge in [-0.3, -0.25) is 0 Å². The summed E-state index contributed by atoms with van der Waals surface area (Å²) in [5, 5.41) is 0. The van der Waals surface area contributed by atoms with Gasteiger partial charge in [0.1, 0.15) is 0 Å². The van der Waals surface area contributed by atoms with E-state index in [1.165, 1.54) is 142 Å². The molecule has 0 atom stereocenters. The van der Waals surface area contributed by atoms with E-state index < -0.39 is 0 Å². The minimum atomic E-state index is 0.996. The number of benzene rings is 2. The summed E-state index contributed by atoms with van der Waals surface area (Å²) in [4.78, 5) is 5.47. The van der Waals surface area contributed by atoms with E-state index in [0.29, 0.717) is 0 Å². The van der Waals surface area contributed by atoms with Gasteiger partial charge in [-0.05, 0) is 0 Å². The van der Waals surface area contributed by atoms with Gasteiger partial charge in [-0.2, -0.15) is 0 Å².